The average molecular weight is 257 g/mol. The molecule has 1 aliphatic heterocycles. The van der Waals surface area contributed by atoms with Crippen molar-refractivity contribution in [2.75, 3.05) is 4.90 Å². The maximum Gasteiger partial charge on any atom is 0.328 e. The number of hydrogen-bond acceptors (Lipinski definition) is 3. The Kier molecular flexibility index (Phi) is 3.52. The van der Waals surface area contributed by atoms with Crippen molar-refractivity contribution in [2.24, 2.45) is 5.92 Å². The third kappa shape index (κ3) is 2.58. The molecule has 2 rings (SSSR count). The van der Waals surface area contributed by atoms with E-state index in [9.17, 15) is 9.59 Å². The molecule has 1 aliphatic rings. The van der Waals surface area contributed by atoms with Crippen LogP contribution in [0.4, 0.5) is 10.5 Å². The molecule has 1 N–H and O–H groups in total. The van der Waals surface area contributed by atoms with E-state index in [0.717, 1.165) is 4.90 Å². The van der Waals surface area contributed by atoms with Gasteiger partial charge in [-0.1, -0.05) is 19.9 Å². The summed E-state index contributed by atoms with van der Waals surface area (Å²) in [5.41, 5.74) is 0.854. The molecule has 0 aromatic heterocycles. The number of imide groups is 1. The molecule has 1 saturated heterocycles. The van der Waals surface area contributed by atoms with Crippen molar-refractivity contribution in [1.29, 1.82) is 5.26 Å². The molecule has 0 spiro atoms. The smallest absolute Gasteiger partial charge is 0.328 e. The van der Waals surface area contributed by atoms with Crippen LogP contribution in [0.15, 0.2) is 24.3 Å². The number of rotatable bonds is 2. The molecular weight excluding hydrogens is 242 g/mol. The molecule has 3 amide bonds. The Hall–Kier alpha value is -2.35. The van der Waals surface area contributed by atoms with Gasteiger partial charge in [0, 0.05) is 12.5 Å². The van der Waals surface area contributed by atoms with E-state index in [-0.39, 0.29) is 24.3 Å². The monoisotopic (exact) mass is 257 g/mol. The summed E-state index contributed by atoms with van der Waals surface area (Å²) in [4.78, 5) is 25.2. The third-order valence-corrected chi connectivity index (χ3v) is 3.19. The largest absolute Gasteiger partial charge is 0.334 e. The van der Waals surface area contributed by atoms with Crippen LogP contribution < -0.4 is 10.2 Å². The molecular formula is C14H15N3O2. The lowest BCUT2D eigenvalue weighted by molar-refractivity contribution is -0.119. The van der Waals surface area contributed by atoms with Crippen LogP contribution in [0.25, 0.3) is 0 Å². The fraction of sp³-hybridized carbons (Fsp3) is 0.357. The van der Waals surface area contributed by atoms with E-state index in [0.29, 0.717) is 11.3 Å². The second-order valence-corrected chi connectivity index (χ2v) is 4.90. The number of nitrogens with zero attached hydrogens (tertiary/aromatic N) is 2. The van der Waals surface area contributed by atoms with Gasteiger partial charge in [-0.05, 0) is 24.1 Å². The first-order valence-corrected chi connectivity index (χ1v) is 6.16. The highest BCUT2D eigenvalue weighted by Crippen LogP contribution is 2.22. The number of nitriles is 1. The lowest BCUT2D eigenvalue weighted by Gasteiger charge is -2.33. The molecule has 0 bridgehead atoms. The minimum Gasteiger partial charge on any atom is -0.334 e. The van der Waals surface area contributed by atoms with Crippen LogP contribution in [-0.2, 0) is 4.79 Å². The van der Waals surface area contributed by atoms with E-state index < -0.39 is 6.03 Å². The molecule has 5 heteroatoms. The number of urea groups is 1. The predicted molar refractivity (Wildman–Crippen MR) is 70.4 cm³/mol. The summed E-state index contributed by atoms with van der Waals surface area (Å²) in [5, 5.41) is 11.7. The quantitative estimate of drug-likeness (QED) is 0.881. The minimum atomic E-state index is -0.426. The van der Waals surface area contributed by atoms with Gasteiger partial charge in [0.05, 0.1) is 17.3 Å². The molecule has 1 unspecified atom stereocenters. The molecule has 19 heavy (non-hydrogen) atoms. The molecule has 1 fully saturated rings. The Morgan fingerprint density at radius 3 is 2.74 bits per heavy atom. The molecule has 1 aromatic rings. The first kappa shape index (κ1) is 13.1. The Morgan fingerprint density at radius 2 is 2.16 bits per heavy atom. The zero-order valence-corrected chi connectivity index (χ0v) is 10.9. The number of amides is 3. The Bertz CT molecular complexity index is 542. The lowest BCUT2D eigenvalue weighted by Crippen LogP contribution is -2.56. The first-order chi connectivity index (χ1) is 9.02. The van der Waals surface area contributed by atoms with Crippen molar-refractivity contribution in [3.8, 4) is 6.07 Å². The summed E-state index contributed by atoms with van der Waals surface area (Å²) in [7, 11) is 0. The van der Waals surface area contributed by atoms with Gasteiger partial charge in [0.15, 0.2) is 0 Å². The maximum atomic E-state index is 12.1. The molecule has 0 radical (unpaired) electrons. The maximum absolute atomic E-state index is 12.1. The highest BCUT2D eigenvalue weighted by atomic mass is 16.2. The van der Waals surface area contributed by atoms with E-state index in [1.807, 2.05) is 19.9 Å². The topological polar surface area (TPSA) is 73.2 Å². The van der Waals surface area contributed by atoms with E-state index in [4.69, 9.17) is 5.26 Å². The Balaban J connectivity index is 2.28. The van der Waals surface area contributed by atoms with E-state index >= 15 is 0 Å². The summed E-state index contributed by atoms with van der Waals surface area (Å²) in [6.45, 7) is 3.92. The van der Waals surface area contributed by atoms with Gasteiger partial charge in [-0.3, -0.25) is 4.79 Å². The summed E-state index contributed by atoms with van der Waals surface area (Å²) in [5.74, 6) is -0.0296. The standard InChI is InChI=1S/C14H15N3O2/c1-9(2)12-7-13(18)17(14(19)16-12)11-5-3-4-10(6-11)8-15/h3-6,9,12H,7H2,1-2H3,(H,16,19). The fourth-order valence-electron chi connectivity index (χ4n) is 2.05. The normalized spacial score (nSPS) is 19.3. The van der Waals surface area contributed by atoms with Crippen LogP contribution in [0.1, 0.15) is 25.8 Å². The SMILES string of the molecule is CC(C)C1CC(=O)N(c2cccc(C#N)c2)C(=O)N1. The minimum absolute atomic E-state index is 0.129. The van der Waals surface area contributed by atoms with Gasteiger partial charge in [0.2, 0.25) is 5.91 Å². The van der Waals surface area contributed by atoms with E-state index in [2.05, 4.69) is 5.32 Å². The van der Waals surface area contributed by atoms with Crippen LogP contribution in [0.5, 0.6) is 0 Å². The molecule has 0 saturated carbocycles. The van der Waals surface area contributed by atoms with Crippen LogP contribution in [-0.4, -0.2) is 18.0 Å². The van der Waals surface area contributed by atoms with Gasteiger partial charge < -0.3 is 5.32 Å². The molecule has 1 atom stereocenters. The number of carbonyl (C=O) groups excluding carboxylic acids is 2. The van der Waals surface area contributed by atoms with Gasteiger partial charge in [-0.2, -0.15) is 5.26 Å². The number of benzene rings is 1. The first-order valence-electron chi connectivity index (χ1n) is 6.16. The van der Waals surface area contributed by atoms with E-state index in [1.54, 1.807) is 18.2 Å². The number of carbonyl (C=O) groups is 2. The zero-order valence-electron chi connectivity index (χ0n) is 10.9. The average Bonchev–Trinajstić information content (AvgIpc) is 2.38. The zero-order chi connectivity index (χ0) is 14.0. The third-order valence-electron chi connectivity index (χ3n) is 3.19. The number of nitrogens with one attached hydrogen (secondary N) is 1. The fourth-order valence-corrected chi connectivity index (χ4v) is 2.05. The van der Waals surface area contributed by atoms with Crippen molar-refractivity contribution < 1.29 is 9.59 Å². The number of anilines is 1. The van der Waals surface area contributed by atoms with Crippen LogP contribution in [0.3, 0.4) is 0 Å². The van der Waals surface area contributed by atoms with Crippen molar-refractivity contribution >= 4 is 17.6 Å². The highest BCUT2D eigenvalue weighted by molar-refractivity contribution is 6.16. The van der Waals surface area contributed by atoms with Gasteiger partial charge in [-0.25, -0.2) is 9.69 Å². The molecule has 98 valence electrons. The highest BCUT2D eigenvalue weighted by Gasteiger charge is 2.34. The molecule has 1 aromatic carbocycles. The van der Waals surface area contributed by atoms with Crippen molar-refractivity contribution in [3.05, 3.63) is 29.8 Å². The number of hydrogen-bond donors (Lipinski definition) is 1. The second kappa shape index (κ2) is 5.11. The summed E-state index contributed by atoms with van der Waals surface area (Å²) >= 11 is 0. The second-order valence-electron chi connectivity index (χ2n) is 4.90. The van der Waals surface area contributed by atoms with E-state index in [1.165, 1.54) is 6.07 Å². The van der Waals surface area contributed by atoms with Gasteiger partial charge in [0.25, 0.3) is 0 Å². The van der Waals surface area contributed by atoms with Gasteiger partial charge in [-0.15, -0.1) is 0 Å². The van der Waals surface area contributed by atoms with Crippen molar-refractivity contribution in [3.63, 3.8) is 0 Å². The lowest BCUT2D eigenvalue weighted by atomic mass is 9.98. The van der Waals surface area contributed by atoms with Gasteiger partial charge in [0.1, 0.15) is 0 Å². The molecule has 1 heterocycles. The van der Waals surface area contributed by atoms with Crippen molar-refractivity contribution in [2.45, 2.75) is 26.3 Å². The van der Waals surface area contributed by atoms with Gasteiger partial charge >= 0.3 is 6.03 Å². The predicted octanol–water partition coefficient (Wildman–Crippen LogP) is 2.03. The molecule has 5 nitrogen and oxygen atoms in total. The van der Waals surface area contributed by atoms with Crippen molar-refractivity contribution in [1.82, 2.24) is 5.32 Å². The Morgan fingerprint density at radius 1 is 1.42 bits per heavy atom. The summed E-state index contributed by atoms with van der Waals surface area (Å²) < 4.78 is 0. The summed E-state index contributed by atoms with van der Waals surface area (Å²) in [6, 6.07) is 7.91. The van der Waals surface area contributed by atoms with Crippen LogP contribution in [0.2, 0.25) is 0 Å². The van der Waals surface area contributed by atoms with Crippen LogP contribution in [0, 0.1) is 17.2 Å². The molecule has 0 aliphatic carbocycles. The summed E-state index contributed by atoms with van der Waals surface area (Å²) in [6.07, 6.45) is 0.278. The van der Waals surface area contributed by atoms with Crippen LogP contribution >= 0.6 is 0 Å². The Labute approximate surface area is 111 Å².